The maximum absolute atomic E-state index is 3.84. The molecule has 0 amide bonds. The van der Waals surface area contributed by atoms with Gasteiger partial charge < -0.3 is 4.98 Å². The lowest BCUT2D eigenvalue weighted by atomic mass is 10.1. The zero-order valence-electron chi connectivity index (χ0n) is 10.1. The van der Waals surface area contributed by atoms with Crippen molar-refractivity contribution in [1.82, 2.24) is 4.98 Å². The summed E-state index contributed by atoms with van der Waals surface area (Å²) < 4.78 is 0. The molecule has 1 aromatic rings. The lowest BCUT2D eigenvalue weighted by molar-refractivity contribution is 1.37. The maximum Gasteiger partial charge on any atom is 0.0450 e. The normalized spacial score (nSPS) is 7.50. The highest BCUT2D eigenvalue weighted by Gasteiger charge is 1.98. The van der Waals surface area contributed by atoms with Crippen molar-refractivity contribution in [2.75, 3.05) is 0 Å². The number of rotatable bonds is 2. The van der Waals surface area contributed by atoms with Gasteiger partial charge in [0.25, 0.3) is 0 Å². The zero-order chi connectivity index (χ0) is 11.6. The molecular formula is C13H23N. The van der Waals surface area contributed by atoms with Gasteiger partial charge in [0.1, 0.15) is 0 Å². The van der Waals surface area contributed by atoms with Crippen LogP contribution in [0.3, 0.4) is 0 Å². The predicted octanol–water partition coefficient (Wildman–Crippen LogP) is 4.74. The van der Waals surface area contributed by atoms with Gasteiger partial charge in [-0.3, -0.25) is 0 Å². The van der Waals surface area contributed by atoms with E-state index in [1.165, 1.54) is 0 Å². The smallest absolute Gasteiger partial charge is 0.0450 e. The molecule has 80 valence electrons. The number of hydrogen-bond acceptors (Lipinski definition) is 0. The van der Waals surface area contributed by atoms with Gasteiger partial charge in [-0.1, -0.05) is 40.9 Å². The van der Waals surface area contributed by atoms with Crippen LogP contribution in [0.25, 0.3) is 11.6 Å². The highest BCUT2D eigenvalue weighted by molar-refractivity contribution is 5.69. The first-order valence-electron chi connectivity index (χ1n) is 5.21. The first-order chi connectivity index (χ1) is 6.75. The lowest BCUT2D eigenvalue weighted by Gasteiger charge is -1.95. The second-order valence-electron chi connectivity index (χ2n) is 2.29. The van der Waals surface area contributed by atoms with Crippen molar-refractivity contribution >= 4 is 11.6 Å². The first kappa shape index (κ1) is 15.2. The fourth-order valence-corrected chi connectivity index (χ4v) is 0.923. The Hall–Kier alpha value is -1.24. The van der Waals surface area contributed by atoms with Gasteiger partial charge in [-0.25, -0.2) is 0 Å². The van der Waals surface area contributed by atoms with Crippen molar-refractivity contribution in [1.29, 1.82) is 0 Å². The molecule has 1 heterocycles. The van der Waals surface area contributed by atoms with Crippen LogP contribution in [0.1, 0.15) is 45.9 Å². The molecule has 1 rings (SSSR count). The fraction of sp³-hybridized carbons (Fsp3) is 0.385. The number of aromatic nitrogens is 1. The summed E-state index contributed by atoms with van der Waals surface area (Å²) in [7, 11) is 0. The molecule has 0 aliphatic carbocycles. The summed E-state index contributed by atoms with van der Waals surface area (Å²) in [5, 5.41) is 0. The highest BCUT2D eigenvalue weighted by atomic mass is 14.7. The maximum atomic E-state index is 3.84. The number of nitrogens with one attached hydrogen (secondary N) is 1. The molecule has 0 aromatic carbocycles. The van der Waals surface area contributed by atoms with Gasteiger partial charge >= 0.3 is 0 Å². The number of aromatic amines is 1. The summed E-state index contributed by atoms with van der Waals surface area (Å²) in [5.41, 5.74) is 3.26. The van der Waals surface area contributed by atoms with E-state index >= 15 is 0 Å². The van der Waals surface area contributed by atoms with Crippen molar-refractivity contribution in [2.24, 2.45) is 0 Å². The summed E-state index contributed by atoms with van der Waals surface area (Å²) in [6, 6.07) is 2.00. The van der Waals surface area contributed by atoms with Crippen molar-refractivity contribution < 1.29 is 0 Å². The van der Waals surface area contributed by atoms with Crippen molar-refractivity contribution in [2.45, 2.75) is 34.6 Å². The number of hydrogen-bond donors (Lipinski definition) is 1. The Balaban J connectivity index is 0. The Labute approximate surface area is 88.6 Å². The molecule has 0 radical (unpaired) electrons. The molecule has 0 atom stereocenters. The Bertz CT molecular complexity index is 256. The molecular weight excluding hydrogens is 170 g/mol. The quantitative estimate of drug-likeness (QED) is 0.698. The van der Waals surface area contributed by atoms with Crippen molar-refractivity contribution in [3.05, 3.63) is 36.7 Å². The van der Waals surface area contributed by atoms with Crippen LogP contribution in [0.2, 0.25) is 0 Å². The monoisotopic (exact) mass is 193 g/mol. The van der Waals surface area contributed by atoms with Crippen LogP contribution in [0.15, 0.2) is 25.4 Å². The molecule has 0 spiro atoms. The molecule has 0 aliphatic heterocycles. The molecule has 1 aromatic heterocycles. The van der Waals surface area contributed by atoms with Gasteiger partial charge in [0.15, 0.2) is 0 Å². The molecule has 0 saturated carbocycles. The minimum Gasteiger partial charge on any atom is -0.361 e. The lowest BCUT2D eigenvalue weighted by Crippen LogP contribution is -1.77. The molecule has 0 unspecified atom stereocenters. The fourth-order valence-electron chi connectivity index (χ4n) is 0.923. The van der Waals surface area contributed by atoms with E-state index < -0.39 is 0 Å². The highest BCUT2D eigenvalue weighted by Crippen LogP contribution is 2.16. The van der Waals surface area contributed by atoms with Gasteiger partial charge in [-0.2, -0.15) is 0 Å². The molecule has 1 nitrogen and oxygen atoms in total. The van der Waals surface area contributed by atoms with Gasteiger partial charge in [0.05, 0.1) is 0 Å². The summed E-state index contributed by atoms with van der Waals surface area (Å²) in [4.78, 5) is 3.06. The van der Waals surface area contributed by atoms with Crippen molar-refractivity contribution in [3.8, 4) is 0 Å². The van der Waals surface area contributed by atoms with E-state index in [4.69, 9.17) is 0 Å². The minimum atomic E-state index is 1.05. The Morgan fingerprint density at radius 2 is 1.79 bits per heavy atom. The van der Waals surface area contributed by atoms with Crippen LogP contribution in [0.4, 0.5) is 0 Å². The Morgan fingerprint density at radius 3 is 2.07 bits per heavy atom. The van der Waals surface area contributed by atoms with Crippen LogP contribution < -0.4 is 0 Å². The van der Waals surface area contributed by atoms with Gasteiger partial charge in [0, 0.05) is 17.5 Å². The molecule has 14 heavy (non-hydrogen) atoms. The van der Waals surface area contributed by atoms with Gasteiger partial charge in [-0.05, 0) is 24.6 Å². The summed E-state index contributed by atoms with van der Waals surface area (Å²) in [5.74, 6) is 0. The summed E-state index contributed by atoms with van der Waals surface area (Å²) in [6.45, 7) is 17.5. The molecule has 0 aliphatic rings. The third-order valence-corrected chi connectivity index (χ3v) is 1.44. The second-order valence-corrected chi connectivity index (χ2v) is 2.29. The van der Waals surface area contributed by atoms with Crippen LogP contribution in [0.5, 0.6) is 0 Å². The van der Waals surface area contributed by atoms with Crippen LogP contribution >= 0.6 is 0 Å². The van der Waals surface area contributed by atoms with Gasteiger partial charge in [-0.15, -0.1) is 0 Å². The SMILES string of the molecule is C=Cc1[nH]ccc1C(=C)C.CC.CC. The largest absolute Gasteiger partial charge is 0.361 e. The zero-order valence-corrected chi connectivity index (χ0v) is 10.1. The first-order valence-corrected chi connectivity index (χ1v) is 5.21. The predicted molar refractivity (Wildman–Crippen MR) is 68.3 cm³/mol. The standard InChI is InChI=1S/C9H11N.2C2H6/c1-4-9-8(7(2)3)5-6-10-9;2*1-2/h4-6,10H,1-2H2,3H3;2*1-2H3. The third kappa shape index (κ3) is 4.70. The summed E-state index contributed by atoms with van der Waals surface area (Å²) >= 11 is 0. The van der Waals surface area contributed by atoms with E-state index in [-0.39, 0.29) is 0 Å². The average Bonchev–Trinajstić information content (AvgIpc) is 2.71. The van der Waals surface area contributed by atoms with E-state index in [9.17, 15) is 0 Å². The Kier molecular flexibility index (Phi) is 10.7. The summed E-state index contributed by atoms with van der Waals surface area (Å²) in [6.07, 6.45) is 3.69. The molecule has 0 fully saturated rings. The Morgan fingerprint density at radius 1 is 1.29 bits per heavy atom. The van der Waals surface area contributed by atoms with Crippen LogP contribution in [-0.4, -0.2) is 4.98 Å². The molecule has 0 bridgehead atoms. The van der Waals surface area contributed by atoms with Crippen LogP contribution in [0, 0.1) is 0 Å². The third-order valence-electron chi connectivity index (χ3n) is 1.44. The van der Waals surface area contributed by atoms with E-state index in [2.05, 4.69) is 18.1 Å². The second kappa shape index (κ2) is 9.85. The minimum absolute atomic E-state index is 1.05. The number of allylic oxidation sites excluding steroid dienone is 1. The molecule has 1 N–H and O–H groups in total. The van der Waals surface area contributed by atoms with E-state index in [0.29, 0.717) is 0 Å². The molecule has 1 heteroatoms. The topological polar surface area (TPSA) is 15.8 Å². The van der Waals surface area contributed by atoms with E-state index in [1.807, 2.05) is 46.9 Å². The average molecular weight is 193 g/mol. The molecule has 0 saturated heterocycles. The van der Waals surface area contributed by atoms with Crippen molar-refractivity contribution in [3.63, 3.8) is 0 Å². The number of H-pyrrole nitrogens is 1. The van der Waals surface area contributed by atoms with E-state index in [0.717, 1.165) is 16.8 Å². The van der Waals surface area contributed by atoms with Gasteiger partial charge in [0.2, 0.25) is 0 Å². The van der Waals surface area contributed by atoms with Crippen LogP contribution in [-0.2, 0) is 0 Å². The van der Waals surface area contributed by atoms with E-state index in [1.54, 1.807) is 6.08 Å².